The van der Waals surface area contributed by atoms with E-state index in [0.717, 1.165) is 47.4 Å². The van der Waals surface area contributed by atoms with Crippen molar-refractivity contribution in [1.82, 2.24) is 15.2 Å². The predicted octanol–water partition coefficient (Wildman–Crippen LogP) is 7.68. The Kier molecular flexibility index (Phi) is 8.40. The van der Waals surface area contributed by atoms with Crippen LogP contribution in [0.2, 0.25) is 5.02 Å². The first-order chi connectivity index (χ1) is 19.0. The molecule has 0 amide bonds. The molecule has 0 atom stereocenters. The molecule has 39 heavy (non-hydrogen) atoms. The molecule has 2 heterocycles. The average molecular weight is 554 g/mol. The maximum Gasteiger partial charge on any atom is 0.146 e. The molecule has 0 aliphatic rings. The molecule has 2 aromatic heterocycles. The molecule has 196 valence electrons. The molecule has 5 aromatic rings. The van der Waals surface area contributed by atoms with Gasteiger partial charge < -0.3 is 20.3 Å². The number of fused-ring (bicyclic) bond motifs is 1. The van der Waals surface area contributed by atoms with Gasteiger partial charge in [-0.3, -0.25) is 4.98 Å². The number of anilines is 2. The Balaban J connectivity index is 1.36. The lowest BCUT2D eigenvalue weighted by molar-refractivity contribution is 0.400. The summed E-state index contributed by atoms with van der Waals surface area (Å²) in [5, 5.41) is 20.2. The third kappa shape index (κ3) is 6.56. The molecule has 8 heteroatoms. The van der Waals surface area contributed by atoms with E-state index in [1.165, 1.54) is 4.88 Å². The van der Waals surface area contributed by atoms with Crippen molar-refractivity contribution < 1.29 is 4.74 Å². The lowest BCUT2D eigenvalue weighted by atomic mass is 10.0. The number of ether oxygens (including phenoxy) is 1. The van der Waals surface area contributed by atoms with Gasteiger partial charge in [-0.25, -0.2) is 0 Å². The van der Waals surface area contributed by atoms with Crippen LogP contribution in [0.3, 0.4) is 0 Å². The van der Waals surface area contributed by atoms with Gasteiger partial charge in [-0.1, -0.05) is 41.9 Å². The van der Waals surface area contributed by atoms with Crippen molar-refractivity contribution in [2.75, 3.05) is 32.5 Å². The lowest BCUT2D eigenvalue weighted by Crippen LogP contribution is -2.25. The molecule has 2 N–H and O–H groups in total. The van der Waals surface area contributed by atoms with E-state index < -0.39 is 0 Å². The van der Waals surface area contributed by atoms with E-state index in [1.54, 1.807) is 23.6 Å². The summed E-state index contributed by atoms with van der Waals surface area (Å²) in [4.78, 5) is 8.03. The number of aromatic nitrogens is 1. The van der Waals surface area contributed by atoms with E-state index in [4.69, 9.17) is 16.3 Å². The molecular formula is C31H28ClN5OS. The number of hydrogen-bond acceptors (Lipinski definition) is 7. The minimum atomic E-state index is 0.456. The van der Waals surface area contributed by atoms with Crippen molar-refractivity contribution in [3.05, 3.63) is 99.8 Å². The summed E-state index contributed by atoms with van der Waals surface area (Å²) in [6.45, 7) is 2.81. The van der Waals surface area contributed by atoms with Gasteiger partial charge in [0.05, 0.1) is 21.8 Å². The number of nitrogens with one attached hydrogen (secondary N) is 2. The number of thiophene rings is 1. The van der Waals surface area contributed by atoms with Gasteiger partial charge in [-0.2, -0.15) is 5.26 Å². The summed E-state index contributed by atoms with van der Waals surface area (Å²) in [5.74, 6) is 1.27. The van der Waals surface area contributed by atoms with Crippen molar-refractivity contribution >= 4 is 45.2 Å². The minimum Gasteiger partial charge on any atom is -0.456 e. The first-order valence-electron chi connectivity index (χ1n) is 12.6. The topological polar surface area (TPSA) is 73.2 Å². The van der Waals surface area contributed by atoms with Gasteiger partial charge in [0.2, 0.25) is 0 Å². The van der Waals surface area contributed by atoms with Gasteiger partial charge in [0.15, 0.2) is 0 Å². The van der Waals surface area contributed by atoms with Crippen LogP contribution in [0.15, 0.2) is 84.4 Å². The molecule has 0 aliphatic heterocycles. The molecule has 0 saturated heterocycles. The van der Waals surface area contributed by atoms with Crippen LogP contribution in [-0.2, 0) is 6.54 Å². The Bertz CT molecular complexity index is 1630. The van der Waals surface area contributed by atoms with Gasteiger partial charge in [0.25, 0.3) is 0 Å². The second-order valence-electron chi connectivity index (χ2n) is 9.36. The number of hydrogen-bond donors (Lipinski definition) is 2. The molecule has 0 saturated carbocycles. The molecule has 6 nitrogen and oxygen atoms in total. The number of likely N-dealkylation sites (N-methyl/N-ethyl adjacent to an activating group) is 1. The van der Waals surface area contributed by atoms with Crippen molar-refractivity contribution in [1.29, 1.82) is 5.26 Å². The van der Waals surface area contributed by atoms with Gasteiger partial charge in [-0.15, -0.1) is 11.3 Å². The van der Waals surface area contributed by atoms with Crippen molar-refractivity contribution in [2.45, 2.75) is 6.54 Å². The van der Waals surface area contributed by atoms with Gasteiger partial charge in [0, 0.05) is 41.8 Å². The summed E-state index contributed by atoms with van der Waals surface area (Å²) >= 11 is 8.28. The number of pyridine rings is 1. The first kappa shape index (κ1) is 26.7. The Hall–Kier alpha value is -3.93. The number of benzene rings is 3. The fraction of sp³-hybridized carbons (Fsp3) is 0.161. The standard InChI is InChI=1S/C31H28ClN5OS/c1-37(2)13-12-34-19-26-14-22(20-39-26)21-8-10-27-29(15-21)35-18-23(17-33)31(27)36-24-9-11-30(28(32)16-24)38-25-6-4-3-5-7-25/h3-11,14-16,18,20,34H,12-13,19H2,1-2H3,(H,35,36). The van der Waals surface area contributed by atoms with Crippen molar-refractivity contribution in [3.8, 4) is 28.7 Å². The number of nitrogens with zero attached hydrogens (tertiary/aromatic N) is 3. The van der Waals surface area contributed by atoms with Crippen molar-refractivity contribution in [3.63, 3.8) is 0 Å². The van der Waals surface area contributed by atoms with Gasteiger partial charge in [-0.05, 0) is 73.1 Å². The molecule has 0 unspecified atom stereocenters. The zero-order valence-electron chi connectivity index (χ0n) is 21.7. The van der Waals surface area contributed by atoms with Crippen LogP contribution in [0.4, 0.5) is 11.4 Å². The highest BCUT2D eigenvalue weighted by Gasteiger charge is 2.13. The maximum atomic E-state index is 9.79. The van der Waals surface area contributed by atoms with Crippen LogP contribution in [0.5, 0.6) is 11.5 Å². The Labute approximate surface area is 237 Å². The fourth-order valence-corrected chi connectivity index (χ4v) is 5.23. The Morgan fingerprint density at radius 2 is 1.87 bits per heavy atom. The van der Waals surface area contributed by atoms with E-state index in [-0.39, 0.29) is 0 Å². The summed E-state index contributed by atoms with van der Waals surface area (Å²) in [5.41, 5.74) is 4.95. The van der Waals surface area contributed by atoms with E-state index in [1.807, 2.05) is 48.5 Å². The normalized spacial score (nSPS) is 11.1. The number of halogens is 1. The SMILES string of the molecule is CN(C)CCNCc1cc(-c2ccc3c(Nc4ccc(Oc5ccccc5)c(Cl)c4)c(C#N)cnc3c2)cs1. The highest BCUT2D eigenvalue weighted by Crippen LogP contribution is 2.36. The third-order valence-electron chi connectivity index (χ3n) is 6.18. The molecule has 0 radical (unpaired) electrons. The van der Waals surface area contributed by atoms with E-state index in [0.29, 0.717) is 27.8 Å². The van der Waals surface area contributed by atoms with Crippen LogP contribution >= 0.6 is 22.9 Å². The molecule has 0 aliphatic carbocycles. The van der Waals surface area contributed by atoms with Crippen LogP contribution in [0.25, 0.3) is 22.0 Å². The summed E-state index contributed by atoms with van der Waals surface area (Å²) < 4.78 is 5.90. The van der Waals surface area contributed by atoms with E-state index in [2.05, 4.69) is 64.3 Å². The smallest absolute Gasteiger partial charge is 0.146 e. The van der Waals surface area contributed by atoms with Crippen LogP contribution in [0, 0.1) is 11.3 Å². The molecule has 5 rings (SSSR count). The first-order valence-corrected chi connectivity index (χ1v) is 13.8. The summed E-state index contributed by atoms with van der Waals surface area (Å²) in [6.07, 6.45) is 1.61. The number of para-hydroxylation sites is 1. The van der Waals surface area contributed by atoms with Crippen molar-refractivity contribution in [2.24, 2.45) is 0 Å². The molecule has 0 spiro atoms. The molecular weight excluding hydrogens is 526 g/mol. The maximum absolute atomic E-state index is 9.79. The average Bonchev–Trinajstić information content (AvgIpc) is 3.42. The van der Waals surface area contributed by atoms with Crippen LogP contribution < -0.4 is 15.4 Å². The van der Waals surface area contributed by atoms with Crippen LogP contribution in [-0.4, -0.2) is 37.1 Å². The van der Waals surface area contributed by atoms with E-state index in [9.17, 15) is 5.26 Å². The summed E-state index contributed by atoms with van der Waals surface area (Å²) in [7, 11) is 4.15. The fourth-order valence-electron chi connectivity index (χ4n) is 4.15. The second-order valence-corrected chi connectivity index (χ2v) is 10.8. The zero-order valence-corrected chi connectivity index (χ0v) is 23.3. The molecule has 3 aromatic carbocycles. The predicted molar refractivity (Wildman–Crippen MR) is 161 cm³/mol. The van der Waals surface area contributed by atoms with Gasteiger partial charge in [0.1, 0.15) is 17.6 Å². The highest BCUT2D eigenvalue weighted by molar-refractivity contribution is 7.10. The van der Waals surface area contributed by atoms with Crippen LogP contribution in [0.1, 0.15) is 10.4 Å². The Morgan fingerprint density at radius 3 is 2.64 bits per heavy atom. The quantitative estimate of drug-likeness (QED) is 0.173. The zero-order chi connectivity index (χ0) is 27.2. The number of nitriles is 1. The lowest BCUT2D eigenvalue weighted by Gasteiger charge is -2.14. The molecule has 0 bridgehead atoms. The number of rotatable bonds is 10. The van der Waals surface area contributed by atoms with E-state index >= 15 is 0 Å². The minimum absolute atomic E-state index is 0.456. The highest BCUT2D eigenvalue weighted by atomic mass is 35.5. The second kappa shape index (κ2) is 12.3. The summed E-state index contributed by atoms with van der Waals surface area (Å²) in [6, 6.07) is 25.6. The monoisotopic (exact) mass is 553 g/mol. The largest absolute Gasteiger partial charge is 0.456 e. The Morgan fingerprint density at radius 1 is 1.03 bits per heavy atom. The van der Waals surface area contributed by atoms with Gasteiger partial charge >= 0.3 is 0 Å². The third-order valence-corrected chi connectivity index (χ3v) is 7.42. The molecule has 0 fully saturated rings.